The van der Waals surface area contributed by atoms with Crippen LogP contribution in [0, 0.1) is 16.7 Å². The normalized spacial score (nSPS) is 29.0. The summed E-state index contributed by atoms with van der Waals surface area (Å²) in [4.78, 5) is 16.7. The maximum absolute atomic E-state index is 12.6. The number of carbonyl (C=O) groups excluding carboxylic acids is 1. The lowest BCUT2D eigenvalue weighted by Crippen LogP contribution is -2.56. The fourth-order valence-electron chi connectivity index (χ4n) is 3.07. The first-order chi connectivity index (χ1) is 8.09. The van der Waals surface area contributed by atoms with Crippen LogP contribution in [-0.4, -0.2) is 48.4 Å². The van der Waals surface area contributed by atoms with E-state index in [-0.39, 0.29) is 11.9 Å². The third-order valence-electron chi connectivity index (χ3n) is 4.17. The SMILES string of the molecule is CC1CN(C)CCN1C(=O)C1(C#N)CCCC1. The van der Waals surface area contributed by atoms with Crippen molar-refractivity contribution < 1.29 is 4.79 Å². The van der Waals surface area contributed by atoms with Crippen LogP contribution in [0.3, 0.4) is 0 Å². The highest BCUT2D eigenvalue weighted by molar-refractivity contribution is 5.86. The molecule has 17 heavy (non-hydrogen) atoms. The van der Waals surface area contributed by atoms with Crippen molar-refractivity contribution in [1.29, 1.82) is 5.26 Å². The fourth-order valence-corrected chi connectivity index (χ4v) is 3.07. The van der Waals surface area contributed by atoms with E-state index in [9.17, 15) is 10.1 Å². The van der Waals surface area contributed by atoms with E-state index in [2.05, 4.69) is 24.9 Å². The third kappa shape index (κ3) is 2.16. The minimum atomic E-state index is -0.704. The predicted molar refractivity (Wildman–Crippen MR) is 65.2 cm³/mol. The summed E-state index contributed by atoms with van der Waals surface area (Å²) < 4.78 is 0. The number of rotatable bonds is 1. The van der Waals surface area contributed by atoms with Crippen LogP contribution in [0.4, 0.5) is 0 Å². The molecule has 1 atom stereocenters. The van der Waals surface area contributed by atoms with Gasteiger partial charge in [0.1, 0.15) is 5.41 Å². The molecule has 1 heterocycles. The summed E-state index contributed by atoms with van der Waals surface area (Å²) in [6.07, 6.45) is 3.53. The maximum Gasteiger partial charge on any atom is 0.243 e. The van der Waals surface area contributed by atoms with Crippen LogP contribution in [0.1, 0.15) is 32.6 Å². The Hall–Kier alpha value is -1.08. The van der Waals surface area contributed by atoms with E-state index in [1.54, 1.807) is 0 Å². The van der Waals surface area contributed by atoms with Crippen LogP contribution < -0.4 is 0 Å². The van der Waals surface area contributed by atoms with E-state index in [4.69, 9.17) is 0 Å². The molecule has 1 saturated heterocycles. The molecule has 2 fully saturated rings. The molecular formula is C13H21N3O. The number of piperazine rings is 1. The van der Waals surface area contributed by atoms with Gasteiger partial charge in [0, 0.05) is 25.7 Å². The highest BCUT2D eigenvalue weighted by atomic mass is 16.2. The van der Waals surface area contributed by atoms with Gasteiger partial charge in [0.25, 0.3) is 0 Å². The van der Waals surface area contributed by atoms with Gasteiger partial charge in [-0.2, -0.15) is 5.26 Å². The molecule has 2 aliphatic rings. The summed E-state index contributed by atoms with van der Waals surface area (Å²) in [5.74, 6) is 0.0816. The van der Waals surface area contributed by atoms with Gasteiger partial charge in [-0.3, -0.25) is 4.79 Å². The van der Waals surface area contributed by atoms with Crippen molar-refractivity contribution in [1.82, 2.24) is 9.80 Å². The van der Waals surface area contributed by atoms with E-state index < -0.39 is 5.41 Å². The van der Waals surface area contributed by atoms with Crippen LogP contribution >= 0.6 is 0 Å². The molecule has 0 aromatic carbocycles. The highest BCUT2D eigenvalue weighted by Crippen LogP contribution is 2.39. The average molecular weight is 235 g/mol. The largest absolute Gasteiger partial charge is 0.336 e. The number of hydrogen-bond acceptors (Lipinski definition) is 3. The Morgan fingerprint density at radius 1 is 1.35 bits per heavy atom. The van der Waals surface area contributed by atoms with Gasteiger partial charge in [-0.1, -0.05) is 12.8 Å². The Kier molecular flexibility index (Phi) is 3.39. The lowest BCUT2D eigenvalue weighted by atomic mass is 9.85. The Bertz CT molecular complexity index is 341. The lowest BCUT2D eigenvalue weighted by Gasteiger charge is -2.41. The summed E-state index contributed by atoms with van der Waals surface area (Å²) in [5.41, 5.74) is -0.704. The second-order valence-corrected chi connectivity index (χ2v) is 5.51. The van der Waals surface area contributed by atoms with Gasteiger partial charge in [0.15, 0.2) is 0 Å². The van der Waals surface area contributed by atoms with Crippen molar-refractivity contribution in [2.45, 2.75) is 38.6 Å². The summed E-state index contributed by atoms with van der Waals surface area (Å²) in [5, 5.41) is 9.35. The van der Waals surface area contributed by atoms with Crippen LogP contribution in [0.5, 0.6) is 0 Å². The highest BCUT2D eigenvalue weighted by Gasteiger charge is 2.45. The number of nitriles is 1. The van der Waals surface area contributed by atoms with Gasteiger partial charge in [-0.05, 0) is 26.8 Å². The zero-order valence-electron chi connectivity index (χ0n) is 10.8. The Morgan fingerprint density at radius 3 is 2.53 bits per heavy atom. The first kappa shape index (κ1) is 12.4. The molecule has 2 rings (SSSR count). The molecule has 0 bridgehead atoms. The van der Waals surface area contributed by atoms with Crippen molar-refractivity contribution in [3.8, 4) is 6.07 Å². The van der Waals surface area contributed by atoms with E-state index >= 15 is 0 Å². The lowest BCUT2D eigenvalue weighted by molar-refractivity contribution is -0.143. The Morgan fingerprint density at radius 2 is 2.00 bits per heavy atom. The van der Waals surface area contributed by atoms with Crippen LogP contribution in [0.25, 0.3) is 0 Å². The average Bonchev–Trinajstić information content (AvgIpc) is 2.78. The first-order valence-corrected chi connectivity index (χ1v) is 6.50. The zero-order valence-corrected chi connectivity index (χ0v) is 10.8. The number of amides is 1. The molecule has 0 aromatic rings. The summed E-state index contributed by atoms with van der Waals surface area (Å²) in [6, 6.07) is 2.53. The summed E-state index contributed by atoms with van der Waals surface area (Å²) in [7, 11) is 2.08. The van der Waals surface area contributed by atoms with Crippen LogP contribution in [-0.2, 0) is 4.79 Å². The fraction of sp³-hybridized carbons (Fsp3) is 0.846. The molecule has 4 nitrogen and oxygen atoms in total. The quantitative estimate of drug-likeness (QED) is 0.687. The second kappa shape index (κ2) is 4.66. The van der Waals surface area contributed by atoms with Crippen molar-refractivity contribution in [3.05, 3.63) is 0 Å². The van der Waals surface area contributed by atoms with Gasteiger partial charge in [0.2, 0.25) is 5.91 Å². The van der Waals surface area contributed by atoms with Crippen molar-refractivity contribution in [3.63, 3.8) is 0 Å². The smallest absolute Gasteiger partial charge is 0.243 e. The van der Waals surface area contributed by atoms with Crippen molar-refractivity contribution in [2.24, 2.45) is 5.41 Å². The molecule has 1 saturated carbocycles. The standard InChI is InChI=1S/C13H21N3O/c1-11-9-15(2)7-8-16(11)12(17)13(10-14)5-3-4-6-13/h11H,3-9H2,1-2H3. The third-order valence-corrected chi connectivity index (χ3v) is 4.17. The molecule has 0 spiro atoms. The van der Waals surface area contributed by atoms with Crippen LogP contribution in [0.15, 0.2) is 0 Å². The van der Waals surface area contributed by atoms with E-state index in [0.717, 1.165) is 45.3 Å². The van der Waals surface area contributed by atoms with Gasteiger partial charge < -0.3 is 9.80 Å². The molecule has 0 N–H and O–H groups in total. The number of hydrogen-bond donors (Lipinski definition) is 0. The molecule has 1 unspecified atom stereocenters. The molecule has 4 heteroatoms. The van der Waals surface area contributed by atoms with Crippen molar-refractivity contribution >= 4 is 5.91 Å². The van der Waals surface area contributed by atoms with E-state index in [0.29, 0.717) is 0 Å². The maximum atomic E-state index is 12.6. The zero-order chi connectivity index (χ0) is 12.5. The molecular weight excluding hydrogens is 214 g/mol. The molecule has 0 radical (unpaired) electrons. The summed E-state index contributed by atoms with van der Waals surface area (Å²) in [6.45, 7) is 4.67. The molecule has 1 amide bonds. The minimum Gasteiger partial charge on any atom is -0.336 e. The number of nitrogens with zero attached hydrogens (tertiary/aromatic N) is 3. The Labute approximate surface area is 103 Å². The van der Waals surface area contributed by atoms with Gasteiger partial charge in [0.05, 0.1) is 6.07 Å². The number of carbonyl (C=O) groups is 1. The van der Waals surface area contributed by atoms with Gasteiger partial charge in [-0.15, -0.1) is 0 Å². The molecule has 94 valence electrons. The number of likely N-dealkylation sites (N-methyl/N-ethyl adjacent to an activating group) is 1. The Balaban J connectivity index is 2.12. The second-order valence-electron chi connectivity index (χ2n) is 5.51. The van der Waals surface area contributed by atoms with E-state index in [1.165, 1.54) is 0 Å². The van der Waals surface area contributed by atoms with E-state index in [1.807, 2.05) is 4.90 Å². The van der Waals surface area contributed by atoms with Crippen LogP contribution in [0.2, 0.25) is 0 Å². The van der Waals surface area contributed by atoms with Crippen molar-refractivity contribution in [2.75, 3.05) is 26.7 Å². The minimum absolute atomic E-state index is 0.0816. The monoisotopic (exact) mass is 235 g/mol. The predicted octanol–water partition coefficient (Wildman–Crippen LogP) is 1.23. The molecule has 1 aliphatic heterocycles. The topological polar surface area (TPSA) is 47.3 Å². The van der Waals surface area contributed by atoms with Gasteiger partial charge >= 0.3 is 0 Å². The summed E-state index contributed by atoms with van der Waals surface area (Å²) >= 11 is 0. The first-order valence-electron chi connectivity index (χ1n) is 6.50. The molecule has 0 aromatic heterocycles. The van der Waals surface area contributed by atoms with Gasteiger partial charge in [-0.25, -0.2) is 0 Å². The molecule has 1 aliphatic carbocycles.